The molecule has 0 aromatic heterocycles. The van der Waals surface area contributed by atoms with Crippen LogP contribution in [0.2, 0.25) is 0 Å². The number of fused-ring (bicyclic) bond motifs is 1. The summed E-state index contributed by atoms with van der Waals surface area (Å²) < 4.78 is 5.15. The number of hydrogen-bond acceptors (Lipinski definition) is 4. The molecule has 1 aromatic rings. The van der Waals surface area contributed by atoms with Gasteiger partial charge < -0.3 is 9.84 Å². The maximum absolute atomic E-state index is 13.1. The first-order chi connectivity index (χ1) is 11.8. The zero-order valence-corrected chi connectivity index (χ0v) is 14.7. The molecule has 0 saturated carbocycles. The number of aromatic hydroxyl groups is 1. The Balaban J connectivity index is 2.24. The van der Waals surface area contributed by atoms with Gasteiger partial charge in [0.1, 0.15) is 11.5 Å². The number of rotatable bonds is 3. The monoisotopic (exact) mass is 338 g/mol. The van der Waals surface area contributed by atoms with Crippen molar-refractivity contribution in [1.29, 1.82) is 0 Å². The molecular weight excluding hydrogens is 316 g/mol. The number of methoxy groups -OCH3 is 1. The fourth-order valence-corrected chi connectivity index (χ4v) is 4.27. The van der Waals surface area contributed by atoms with E-state index in [-0.39, 0.29) is 17.3 Å². The molecule has 0 fully saturated rings. The Morgan fingerprint density at radius 3 is 2.68 bits per heavy atom. The molecule has 1 N–H and O–H groups in total. The Hall–Kier alpha value is -2.62. The van der Waals surface area contributed by atoms with E-state index in [4.69, 9.17) is 4.74 Å². The minimum atomic E-state index is -0.944. The molecule has 0 heterocycles. The third-order valence-electron chi connectivity index (χ3n) is 5.58. The summed E-state index contributed by atoms with van der Waals surface area (Å²) in [5.74, 6) is -0.369. The quantitative estimate of drug-likeness (QED) is 0.912. The highest BCUT2D eigenvalue weighted by Crippen LogP contribution is 2.56. The third-order valence-corrected chi connectivity index (χ3v) is 5.58. The second-order valence-electron chi connectivity index (χ2n) is 6.90. The third kappa shape index (κ3) is 2.44. The van der Waals surface area contributed by atoms with Crippen molar-refractivity contribution in [3.05, 3.63) is 59.7 Å². The van der Waals surface area contributed by atoms with Crippen LogP contribution in [0.1, 0.15) is 31.7 Å². The van der Waals surface area contributed by atoms with Crippen LogP contribution in [0.3, 0.4) is 0 Å². The lowest BCUT2D eigenvalue weighted by atomic mass is 9.53. The van der Waals surface area contributed by atoms with Crippen LogP contribution in [0, 0.1) is 11.3 Å². The van der Waals surface area contributed by atoms with E-state index in [2.05, 4.69) is 6.58 Å². The van der Waals surface area contributed by atoms with Crippen molar-refractivity contribution in [2.75, 3.05) is 7.11 Å². The molecule has 25 heavy (non-hydrogen) atoms. The van der Waals surface area contributed by atoms with Crippen LogP contribution >= 0.6 is 0 Å². The Bertz CT molecular complexity index is 830. The van der Waals surface area contributed by atoms with E-state index >= 15 is 0 Å². The topological polar surface area (TPSA) is 63.6 Å². The normalized spacial score (nSPS) is 28.8. The number of Topliss-reactive ketones (excluding diaryl/α,β-unsaturated/α-hetero) is 1. The van der Waals surface area contributed by atoms with Crippen LogP contribution in [0.5, 0.6) is 11.5 Å². The minimum absolute atomic E-state index is 0.0306. The summed E-state index contributed by atoms with van der Waals surface area (Å²) in [4.78, 5) is 25.7. The zero-order chi connectivity index (χ0) is 18.4. The van der Waals surface area contributed by atoms with Crippen molar-refractivity contribution in [1.82, 2.24) is 0 Å². The first-order valence-electron chi connectivity index (χ1n) is 8.31. The van der Waals surface area contributed by atoms with Gasteiger partial charge in [-0.1, -0.05) is 31.7 Å². The van der Waals surface area contributed by atoms with Crippen LogP contribution in [0.15, 0.2) is 54.2 Å². The molecule has 0 spiro atoms. The molecule has 3 unspecified atom stereocenters. The number of phenols is 1. The fraction of sp³-hybridized carbons (Fsp3) is 0.333. The molecule has 3 atom stereocenters. The van der Waals surface area contributed by atoms with Crippen molar-refractivity contribution in [2.45, 2.75) is 26.2 Å². The summed E-state index contributed by atoms with van der Waals surface area (Å²) in [5, 5.41) is 10.6. The number of ketones is 2. The molecule has 1 aromatic carbocycles. The molecule has 0 bridgehead atoms. The van der Waals surface area contributed by atoms with Crippen molar-refractivity contribution in [2.24, 2.45) is 11.3 Å². The smallest absolute Gasteiger partial charge is 0.166 e. The maximum atomic E-state index is 13.1. The van der Waals surface area contributed by atoms with Crippen LogP contribution < -0.4 is 4.74 Å². The minimum Gasteiger partial charge on any atom is -0.508 e. The lowest BCUT2D eigenvalue weighted by Crippen LogP contribution is -2.49. The molecule has 130 valence electrons. The van der Waals surface area contributed by atoms with Crippen molar-refractivity contribution < 1.29 is 19.4 Å². The lowest BCUT2D eigenvalue weighted by molar-refractivity contribution is -0.137. The molecule has 3 rings (SSSR count). The van der Waals surface area contributed by atoms with Gasteiger partial charge in [0.25, 0.3) is 0 Å². The lowest BCUT2D eigenvalue weighted by Gasteiger charge is -2.47. The second kappa shape index (κ2) is 6.03. The SMILES string of the molecule is C=CC1=CCC2C(=O)C=C(C)C(=O)C2(C)C1c1ccc(OC)cc1O. The van der Waals surface area contributed by atoms with Gasteiger partial charge in [0, 0.05) is 23.5 Å². The van der Waals surface area contributed by atoms with Gasteiger partial charge in [-0.15, -0.1) is 0 Å². The Morgan fingerprint density at radius 1 is 1.36 bits per heavy atom. The van der Waals surface area contributed by atoms with Crippen molar-refractivity contribution in [3.63, 3.8) is 0 Å². The molecule has 0 saturated heterocycles. The summed E-state index contributed by atoms with van der Waals surface area (Å²) in [6.45, 7) is 7.38. The number of hydrogen-bond donors (Lipinski definition) is 1. The van der Waals surface area contributed by atoms with E-state index in [0.717, 1.165) is 5.57 Å². The van der Waals surface area contributed by atoms with Crippen molar-refractivity contribution >= 4 is 11.6 Å². The number of benzene rings is 1. The first-order valence-corrected chi connectivity index (χ1v) is 8.31. The average Bonchev–Trinajstić information content (AvgIpc) is 2.59. The molecule has 0 radical (unpaired) electrons. The Morgan fingerprint density at radius 2 is 2.08 bits per heavy atom. The van der Waals surface area contributed by atoms with Crippen LogP contribution in [0.25, 0.3) is 0 Å². The van der Waals surface area contributed by atoms with Gasteiger partial charge >= 0.3 is 0 Å². The number of allylic oxidation sites excluding steroid dienone is 5. The summed E-state index contributed by atoms with van der Waals surface area (Å²) in [7, 11) is 1.53. The van der Waals surface area contributed by atoms with E-state index in [1.54, 1.807) is 25.1 Å². The molecule has 0 aliphatic heterocycles. The van der Waals surface area contributed by atoms with Gasteiger partial charge in [0.15, 0.2) is 11.6 Å². The van der Waals surface area contributed by atoms with Gasteiger partial charge in [-0.3, -0.25) is 9.59 Å². The highest BCUT2D eigenvalue weighted by molar-refractivity contribution is 6.13. The van der Waals surface area contributed by atoms with E-state index in [1.165, 1.54) is 19.3 Å². The van der Waals surface area contributed by atoms with Crippen LogP contribution in [0.4, 0.5) is 0 Å². The molecule has 4 nitrogen and oxygen atoms in total. The van der Waals surface area contributed by atoms with Crippen LogP contribution in [-0.2, 0) is 9.59 Å². The second-order valence-corrected chi connectivity index (χ2v) is 6.90. The summed E-state index contributed by atoms with van der Waals surface area (Å²) in [6, 6.07) is 5.04. The largest absolute Gasteiger partial charge is 0.508 e. The maximum Gasteiger partial charge on any atom is 0.166 e. The van der Waals surface area contributed by atoms with Gasteiger partial charge in [-0.25, -0.2) is 0 Å². The highest BCUT2D eigenvalue weighted by Gasteiger charge is 2.55. The standard InChI is InChI=1S/C21H22O4/c1-5-13-6-9-16-18(23)10-12(2)20(24)21(16,3)19(13)15-8-7-14(25-4)11-17(15)22/h5-8,10-11,16,19,22H,1,9H2,2-4H3. The number of ether oxygens (including phenoxy) is 1. The van der Waals surface area contributed by atoms with Crippen molar-refractivity contribution in [3.8, 4) is 11.5 Å². The number of phenolic OH excluding ortho intramolecular Hbond substituents is 1. The molecule has 2 aliphatic rings. The molecule has 2 aliphatic carbocycles. The molecule has 0 amide bonds. The first kappa shape index (κ1) is 17.2. The van der Waals surface area contributed by atoms with Crippen LogP contribution in [-0.4, -0.2) is 23.8 Å². The molecular formula is C21H22O4. The highest BCUT2D eigenvalue weighted by atomic mass is 16.5. The van der Waals surface area contributed by atoms with Gasteiger partial charge in [0.2, 0.25) is 0 Å². The fourth-order valence-electron chi connectivity index (χ4n) is 4.27. The Labute approximate surface area is 147 Å². The van der Waals surface area contributed by atoms with E-state index < -0.39 is 17.3 Å². The summed E-state index contributed by atoms with van der Waals surface area (Å²) in [5.41, 5.74) is 0.984. The Kier molecular flexibility index (Phi) is 4.15. The average molecular weight is 338 g/mol. The number of carbonyl (C=O) groups is 2. The number of carbonyl (C=O) groups excluding carboxylic acids is 2. The molecule has 4 heteroatoms. The van der Waals surface area contributed by atoms with Gasteiger partial charge in [-0.05, 0) is 36.6 Å². The predicted molar refractivity (Wildman–Crippen MR) is 95.7 cm³/mol. The zero-order valence-electron chi connectivity index (χ0n) is 14.7. The van der Waals surface area contributed by atoms with E-state index in [0.29, 0.717) is 23.3 Å². The van der Waals surface area contributed by atoms with Gasteiger partial charge in [-0.2, -0.15) is 0 Å². The van der Waals surface area contributed by atoms with E-state index in [1.807, 2.05) is 13.0 Å². The van der Waals surface area contributed by atoms with E-state index in [9.17, 15) is 14.7 Å². The summed E-state index contributed by atoms with van der Waals surface area (Å²) >= 11 is 0. The summed E-state index contributed by atoms with van der Waals surface area (Å²) in [6.07, 6.45) is 5.61. The predicted octanol–water partition coefficient (Wildman–Crippen LogP) is 3.72. The van der Waals surface area contributed by atoms with Gasteiger partial charge in [0.05, 0.1) is 12.5 Å².